The highest BCUT2D eigenvalue weighted by Gasteiger charge is 2.22. The molecule has 4 N–H and O–H groups in total. The molecule has 9 heteroatoms. The summed E-state index contributed by atoms with van der Waals surface area (Å²) in [6.07, 6.45) is 2.84. The quantitative estimate of drug-likeness (QED) is 0.477. The number of rotatable bonds is 9. The molecule has 2 atom stereocenters. The van der Waals surface area contributed by atoms with Crippen LogP contribution >= 0.6 is 0 Å². The van der Waals surface area contributed by atoms with Crippen molar-refractivity contribution in [3.63, 3.8) is 0 Å². The minimum absolute atomic E-state index is 0.0477. The molecule has 0 fully saturated rings. The second kappa shape index (κ2) is 10.4. The minimum atomic E-state index is -1.15. The average Bonchev–Trinajstić information content (AvgIpc) is 2.69. The van der Waals surface area contributed by atoms with Crippen molar-refractivity contribution in [2.24, 2.45) is 0 Å². The van der Waals surface area contributed by atoms with E-state index in [1.165, 1.54) is 0 Å². The highest BCUT2D eigenvalue weighted by Crippen LogP contribution is 2.25. The van der Waals surface area contributed by atoms with E-state index in [-0.39, 0.29) is 23.2 Å². The fourth-order valence-electron chi connectivity index (χ4n) is 2.96. The Balaban J connectivity index is 2.34. The molecule has 0 saturated carbocycles. The Morgan fingerprint density at radius 1 is 1.33 bits per heavy atom. The van der Waals surface area contributed by atoms with Gasteiger partial charge in [-0.1, -0.05) is 19.8 Å². The van der Waals surface area contributed by atoms with Crippen molar-refractivity contribution in [2.75, 3.05) is 10.6 Å². The molecule has 0 saturated heterocycles. The summed E-state index contributed by atoms with van der Waals surface area (Å²) in [5.41, 5.74) is 2.53. The third-order valence-electron chi connectivity index (χ3n) is 4.84. The van der Waals surface area contributed by atoms with Crippen LogP contribution in [0.4, 0.5) is 26.5 Å². The van der Waals surface area contributed by atoms with Gasteiger partial charge in [-0.05, 0) is 44.9 Å². The van der Waals surface area contributed by atoms with Crippen molar-refractivity contribution < 1.29 is 14.3 Å². The number of amides is 1. The summed E-state index contributed by atoms with van der Waals surface area (Å²) in [5.74, 6) is -0.535. The lowest BCUT2D eigenvalue weighted by atomic mass is 10.0. The zero-order valence-electron chi connectivity index (χ0n) is 17.6. The topological polar surface area (TPSA) is 123 Å². The number of hydrogen-bond donors (Lipinski definition) is 4. The normalized spacial score (nSPS) is 12.5. The Kier molecular flexibility index (Phi) is 7.92. The fourth-order valence-corrected chi connectivity index (χ4v) is 2.96. The van der Waals surface area contributed by atoms with Gasteiger partial charge in [0.1, 0.15) is 6.07 Å². The predicted molar refractivity (Wildman–Crippen MR) is 113 cm³/mol. The van der Waals surface area contributed by atoms with Crippen LogP contribution in [0.2, 0.25) is 0 Å². The fraction of sp³-hybridized carbons (Fsp3) is 0.429. The van der Waals surface area contributed by atoms with Crippen LogP contribution in [-0.2, 0) is 0 Å². The average molecular weight is 414 g/mol. The Morgan fingerprint density at radius 2 is 2.07 bits per heavy atom. The van der Waals surface area contributed by atoms with E-state index >= 15 is 0 Å². The first-order chi connectivity index (χ1) is 14.2. The monoisotopic (exact) mass is 414 g/mol. The standard InChI is InChI=1S/C21H27FN6O2/c1-5-6-7-18(14(4)25-21(29)30)27-20-17(22)9-15(10-23)19(28-20)26-16-8-12(2)13(3)24-11-16/h8-9,11,14,18,25H,5-7H2,1-4H3,(H,29,30)(H2,26,27,28)/t14-,18-/m0/s1. The number of anilines is 3. The lowest BCUT2D eigenvalue weighted by Gasteiger charge is -2.26. The first-order valence-electron chi connectivity index (χ1n) is 9.82. The van der Waals surface area contributed by atoms with Gasteiger partial charge in [-0.25, -0.2) is 14.2 Å². The first-order valence-corrected chi connectivity index (χ1v) is 9.82. The van der Waals surface area contributed by atoms with Crippen LogP contribution in [0.1, 0.15) is 49.9 Å². The van der Waals surface area contributed by atoms with E-state index in [0.717, 1.165) is 30.2 Å². The van der Waals surface area contributed by atoms with Gasteiger partial charge in [-0.15, -0.1) is 0 Å². The summed E-state index contributed by atoms with van der Waals surface area (Å²) in [6, 6.07) is 4.08. The molecule has 0 spiro atoms. The van der Waals surface area contributed by atoms with E-state index in [4.69, 9.17) is 5.11 Å². The molecule has 0 aromatic carbocycles. The maximum absolute atomic E-state index is 14.6. The highest BCUT2D eigenvalue weighted by atomic mass is 19.1. The summed E-state index contributed by atoms with van der Waals surface area (Å²) >= 11 is 0. The number of carbonyl (C=O) groups is 1. The van der Waals surface area contributed by atoms with Gasteiger partial charge < -0.3 is 21.1 Å². The van der Waals surface area contributed by atoms with Crippen LogP contribution in [0, 0.1) is 31.0 Å². The van der Waals surface area contributed by atoms with E-state index in [0.29, 0.717) is 12.1 Å². The molecular formula is C21H27FN6O2. The van der Waals surface area contributed by atoms with E-state index in [2.05, 4.69) is 25.9 Å². The number of hydrogen-bond acceptors (Lipinski definition) is 6. The Labute approximate surface area is 175 Å². The van der Waals surface area contributed by atoms with Gasteiger partial charge >= 0.3 is 6.09 Å². The zero-order valence-corrected chi connectivity index (χ0v) is 17.6. The largest absolute Gasteiger partial charge is 0.465 e. The molecule has 0 aliphatic rings. The molecule has 160 valence electrons. The number of nitriles is 1. The van der Waals surface area contributed by atoms with Crippen LogP contribution in [-0.4, -0.2) is 33.3 Å². The Bertz CT molecular complexity index is 944. The van der Waals surface area contributed by atoms with Crippen molar-refractivity contribution in [1.29, 1.82) is 5.26 Å². The molecule has 30 heavy (non-hydrogen) atoms. The number of aryl methyl sites for hydroxylation is 2. The van der Waals surface area contributed by atoms with Crippen LogP contribution in [0.25, 0.3) is 0 Å². The number of halogens is 1. The van der Waals surface area contributed by atoms with Crippen molar-refractivity contribution in [2.45, 2.75) is 59.0 Å². The smallest absolute Gasteiger partial charge is 0.404 e. The molecule has 2 aromatic rings. The number of nitrogens with one attached hydrogen (secondary N) is 3. The summed E-state index contributed by atoms with van der Waals surface area (Å²) in [6.45, 7) is 7.54. The van der Waals surface area contributed by atoms with E-state index in [1.54, 1.807) is 13.1 Å². The number of nitrogens with zero attached hydrogens (tertiary/aromatic N) is 3. The number of unbranched alkanes of at least 4 members (excludes halogenated alkanes) is 1. The number of pyridine rings is 2. The van der Waals surface area contributed by atoms with Crippen LogP contribution in [0.15, 0.2) is 18.3 Å². The van der Waals surface area contributed by atoms with Crippen LogP contribution in [0.5, 0.6) is 0 Å². The molecule has 2 rings (SSSR count). The van der Waals surface area contributed by atoms with Crippen molar-refractivity contribution in [1.82, 2.24) is 15.3 Å². The summed E-state index contributed by atoms with van der Waals surface area (Å²) in [5, 5.41) is 26.8. The van der Waals surface area contributed by atoms with E-state index < -0.39 is 18.0 Å². The van der Waals surface area contributed by atoms with Gasteiger partial charge in [0.15, 0.2) is 17.5 Å². The molecule has 0 radical (unpaired) electrons. The molecule has 0 bridgehead atoms. The minimum Gasteiger partial charge on any atom is -0.465 e. The van der Waals surface area contributed by atoms with Gasteiger partial charge in [0.2, 0.25) is 0 Å². The molecule has 2 heterocycles. The van der Waals surface area contributed by atoms with E-state index in [1.807, 2.05) is 32.9 Å². The van der Waals surface area contributed by atoms with Gasteiger partial charge in [0.05, 0.1) is 17.4 Å². The first kappa shape index (κ1) is 22.9. The molecular weight excluding hydrogens is 387 g/mol. The number of aromatic nitrogens is 2. The van der Waals surface area contributed by atoms with Gasteiger partial charge in [0, 0.05) is 17.8 Å². The third-order valence-corrected chi connectivity index (χ3v) is 4.84. The maximum atomic E-state index is 14.6. The molecule has 0 unspecified atom stereocenters. The zero-order chi connectivity index (χ0) is 22.3. The summed E-state index contributed by atoms with van der Waals surface area (Å²) < 4.78 is 14.6. The molecule has 8 nitrogen and oxygen atoms in total. The highest BCUT2D eigenvalue weighted by molar-refractivity contribution is 5.66. The summed E-state index contributed by atoms with van der Waals surface area (Å²) in [7, 11) is 0. The second-order valence-corrected chi connectivity index (χ2v) is 7.21. The van der Waals surface area contributed by atoms with Gasteiger partial charge in [-0.2, -0.15) is 5.26 Å². The Morgan fingerprint density at radius 3 is 2.67 bits per heavy atom. The second-order valence-electron chi connectivity index (χ2n) is 7.21. The summed E-state index contributed by atoms with van der Waals surface area (Å²) in [4.78, 5) is 19.6. The van der Waals surface area contributed by atoms with Crippen molar-refractivity contribution >= 4 is 23.4 Å². The third kappa shape index (κ3) is 6.04. The molecule has 0 aliphatic heterocycles. The van der Waals surface area contributed by atoms with Gasteiger partial charge in [0.25, 0.3) is 0 Å². The van der Waals surface area contributed by atoms with Crippen LogP contribution in [0.3, 0.4) is 0 Å². The van der Waals surface area contributed by atoms with Gasteiger partial charge in [-0.3, -0.25) is 4.98 Å². The Hall–Kier alpha value is -3.41. The number of carboxylic acid groups (broad SMARTS) is 1. The van der Waals surface area contributed by atoms with Crippen molar-refractivity contribution in [3.05, 3.63) is 41.0 Å². The molecule has 1 amide bonds. The SMILES string of the molecule is CCCC[C@H](Nc1nc(Nc2cnc(C)c(C)c2)c(C#N)cc1F)[C@H](C)NC(=O)O. The predicted octanol–water partition coefficient (Wildman–Crippen LogP) is 4.47. The van der Waals surface area contributed by atoms with Crippen LogP contribution < -0.4 is 16.0 Å². The van der Waals surface area contributed by atoms with E-state index in [9.17, 15) is 14.4 Å². The molecule has 0 aliphatic carbocycles. The molecule has 2 aromatic heterocycles. The lowest BCUT2D eigenvalue weighted by molar-refractivity contribution is 0.189. The maximum Gasteiger partial charge on any atom is 0.404 e. The van der Waals surface area contributed by atoms with Crippen molar-refractivity contribution in [3.8, 4) is 6.07 Å². The lowest BCUT2D eigenvalue weighted by Crippen LogP contribution is -2.44.